The molecule has 1 atom stereocenters. The molecule has 1 aromatic rings. The first-order valence-corrected chi connectivity index (χ1v) is 7.21. The van der Waals surface area contributed by atoms with Crippen molar-refractivity contribution in [3.63, 3.8) is 0 Å². The Kier molecular flexibility index (Phi) is 4.79. The van der Waals surface area contributed by atoms with Crippen LogP contribution >= 0.6 is 11.3 Å². The molecule has 0 aromatic carbocycles. The summed E-state index contributed by atoms with van der Waals surface area (Å²) in [5.74, 6) is 0.299. The maximum Gasteiger partial charge on any atom is 0.315 e. The number of rotatable bonds is 6. The van der Waals surface area contributed by atoms with Crippen LogP contribution in [0.3, 0.4) is 0 Å². The molecular weight excluding hydrogens is 264 g/mol. The van der Waals surface area contributed by atoms with Crippen molar-refractivity contribution < 1.29 is 14.3 Å². The number of carbonyl (C=O) groups excluding carboxylic acids is 2. The minimum atomic E-state index is -0.333. The van der Waals surface area contributed by atoms with Crippen LogP contribution in [-0.2, 0) is 9.53 Å². The minimum absolute atomic E-state index is 0.147. The maximum absolute atomic E-state index is 11.8. The molecule has 1 aromatic heterocycles. The standard InChI is InChI=1S/C13H18N2O3S/c1-18-12(16)7-10(11-3-2-6-19-11)15-13(17)14-8-9-4-5-9/h2-3,6,9-10H,4-5,7-8H2,1H3,(H2,14,15,17)/t10-/m1/s1. The van der Waals surface area contributed by atoms with Gasteiger partial charge in [0.2, 0.25) is 0 Å². The molecule has 0 unspecified atom stereocenters. The normalized spacial score (nSPS) is 15.6. The molecule has 2 N–H and O–H groups in total. The Bertz CT molecular complexity index is 429. The minimum Gasteiger partial charge on any atom is -0.469 e. The van der Waals surface area contributed by atoms with Gasteiger partial charge in [-0.25, -0.2) is 4.79 Å². The number of amides is 2. The summed E-state index contributed by atoms with van der Waals surface area (Å²) in [6, 6.07) is 3.24. The third-order valence-corrected chi connectivity index (χ3v) is 4.02. The Morgan fingerprint density at radius 2 is 2.32 bits per heavy atom. The van der Waals surface area contributed by atoms with Gasteiger partial charge in [-0.2, -0.15) is 0 Å². The molecule has 1 aliphatic rings. The third kappa shape index (κ3) is 4.55. The highest BCUT2D eigenvalue weighted by Crippen LogP contribution is 2.27. The summed E-state index contributed by atoms with van der Waals surface area (Å²) in [5.41, 5.74) is 0. The molecule has 2 amide bonds. The predicted molar refractivity (Wildman–Crippen MR) is 73.0 cm³/mol. The van der Waals surface area contributed by atoms with Gasteiger partial charge in [0.25, 0.3) is 0 Å². The van der Waals surface area contributed by atoms with Crippen LogP contribution in [0, 0.1) is 5.92 Å². The monoisotopic (exact) mass is 282 g/mol. The van der Waals surface area contributed by atoms with Gasteiger partial charge in [-0.05, 0) is 30.2 Å². The van der Waals surface area contributed by atoms with E-state index in [1.807, 2.05) is 17.5 Å². The second-order valence-electron chi connectivity index (χ2n) is 4.65. The number of methoxy groups -OCH3 is 1. The van der Waals surface area contributed by atoms with E-state index in [1.165, 1.54) is 31.3 Å². The van der Waals surface area contributed by atoms with E-state index in [0.29, 0.717) is 12.5 Å². The molecular formula is C13H18N2O3S. The second-order valence-corrected chi connectivity index (χ2v) is 5.63. The van der Waals surface area contributed by atoms with Crippen LogP contribution in [0.2, 0.25) is 0 Å². The Morgan fingerprint density at radius 3 is 2.89 bits per heavy atom. The highest BCUT2D eigenvalue weighted by molar-refractivity contribution is 7.10. The van der Waals surface area contributed by atoms with Crippen LogP contribution in [0.4, 0.5) is 4.79 Å². The van der Waals surface area contributed by atoms with Crippen molar-refractivity contribution in [2.24, 2.45) is 5.92 Å². The first-order chi connectivity index (χ1) is 9.19. The zero-order chi connectivity index (χ0) is 13.7. The Morgan fingerprint density at radius 1 is 1.53 bits per heavy atom. The molecule has 0 radical (unpaired) electrons. The molecule has 0 spiro atoms. The second kappa shape index (κ2) is 6.56. The van der Waals surface area contributed by atoms with E-state index in [2.05, 4.69) is 15.4 Å². The molecule has 6 heteroatoms. The first-order valence-electron chi connectivity index (χ1n) is 6.33. The number of hydrogen-bond acceptors (Lipinski definition) is 4. The molecule has 0 bridgehead atoms. The summed E-state index contributed by atoms with van der Waals surface area (Å²) in [6.07, 6.45) is 2.53. The molecule has 1 saturated carbocycles. The van der Waals surface area contributed by atoms with Crippen LogP contribution in [0.1, 0.15) is 30.2 Å². The fraction of sp³-hybridized carbons (Fsp3) is 0.538. The Hall–Kier alpha value is -1.56. The SMILES string of the molecule is COC(=O)C[C@@H](NC(=O)NCC1CC1)c1cccs1. The fourth-order valence-corrected chi connectivity index (χ4v) is 2.51. The van der Waals surface area contributed by atoms with Gasteiger partial charge in [0.15, 0.2) is 0 Å². The zero-order valence-corrected chi connectivity index (χ0v) is 11.7. The van der Waals surface area contributed by atoms with Crippen molar-refractivity contribution in [2.45, 2.75) is 25.3 Å². The van der Waals surface area contributed by atoms with Crippen LogP contribution in [0.5, 0.6) is 0 Å². The number of carbonyl (C=O) groups is 2. The summed E-state index contributed by atoms with van der Waals surface area (Å²) < 4.78 is 4.66. The summed E-state index contributed by atoms with van der Waals surface area (Å²) >= 11 is 1.51. The molecule has 0 saturated heterocycles. The average Bonchev–Trinajstić information content (AvgIpc) is 3.07. The van der Waals surface area contributed by atoms with Crippen LogP contribution in [-0.4, -0.2) is 25.7 Å². The van der Waals surface area contributed by atoms with Gasteiger partial charge in [0.05, 0.1) is 19.6 Å². The quantitative estimate of drug-likeness (QED) is 0.785. The van der Waals surface area contributed by atoms with E-state index in [1.54, 1.807) is 0 Å². The van der Waals surface area contributed by atoms with E-state index in [-0.39, 0.29) is 24.5 Å². The van der Waals surface area contributed by atoms with Gasteiger partial charge in [-0.1, -0.05) is 6.07 Å². The van der Waals surface area contributed by atoms with Crippen LogP contribution in [0.15, 0.2) is 17.5 Å². The molecule has 104 valence electrons. The van der Waals surface area contributed by atoms with Gasteiger partial charge in [-0.3, -0.25) is 4.79 Å². The largest absolute Gasteiger partial charge is 0.469 e. The molecule has 1 heterocycles. The van der Waals surface area contributed by atoms with Crippen molar-refractivity contribution in [3.8, 4) is 0 Å². The fourth-order valence-electron chi connectivity index (χ4n) is 1.73. The maximum atomic E-state index is 11.8. The van der Waals surface area contributed by atoms with Crippen molar-refractivity contribution in [3.05, 3.63) is 22.4 Å². The summed E-state index contributed by atoms with van der Waals surface area (Å²) in [5, 5.41) is 7.58. The highest BCUT2D eigenvalue weighted by atomic mass is 32.1. The molecule has 0 aliphatic heterocycles. The average molecular weight is 282 g/mol. The zero-order valence-electron chi connectivity index (χ0n) is 10.8. The van der Waals surface area contributed by atoms with Crippen molar-refractivity contribution >= 4 is 23.3 Å². The van der Waals surface area contributed by atoms with Gasteiger partial charge in [0.1, 0.15) is 0 Å². The van der Waals surface area contributed by atoms with E-state index in [9.17, 15) is 9.59 Å². The third-order valence-electron chi connectivity index (χ3n) is 3.04. The van der Waals surface area contributed by atoms with Crippen LogP contribution < -0.4 is 10.6 Å². The molecule has 2 rings (SSSR count). The number of hydrogen-bond donors (Lipinski definition) is 2. The molecule has 19 heavy (non-hydrogen) atoms. The van der Waals surface area contributed by atoms with Crippen LogP contribution in [0.25, 0.3) is 0 Å². The Labute approximate surface area is 116 Å². The van der Waals surface area contributed by atoms with Gasteiger partial charge < -0.3 is 15.4 Å². The predicted octanol–water partition coefficient (Wildman–Crippen LogP) is 2.06. The summed E-state index contributed by atoms with van der Waals surface area (Å²) in [7, 11) is 1.35. The van der Waals surface area contributed by atoms with Gasteiger partial charge in [0, 0.05) is 11.4 Å². The molecule has 1 aliphatic carbocycles. The lowest BCUT2D eigenvalue weighted by atomic mass is 10.2. The number of urea groups is 1. The van der Waals surface area contributed by atoms with Crippen molar-refractivity contribution in [1.82, 2.24) is 10.6 Å². The number of nitrogens with one attached hydrogen (secondary N) is 2. The molecule has 5 nitrogen and oxygen atoms in total. The summed E-state index contributed by atoms with van der Waals surface area (Å²) in [6.45, 7) is 0.710. The molecule has 1 fully saturated rings. The number of thiophene rings is 1. The van der Waals surface area contributed by atoms with Gasteiger partial charge >= 0.3 is 12.0 Å². The highest BCUT2D eigenvalue weighted by Gasteiger charge is 2.23. The van der Waals surface area contributed by atoms with E-state index in [0.717, 1.165) is 4.88 Å². The summed E-state index contributed by atoms with van der Waals surface area (Å²) in [4.78, 5) is 24.1. The number of esters is 1. The van der Waals surface area contributed by atoms with E-state index >= 15 is 0 Å². The van der Waals surface area contributed by atoms with E-state index in [4.69, 9.17) is 0 Å². The smallest absolute Gasteiger partial charge is 0.315 e. The lowest BCUT2D eigenvalue weighted by molar-refractivity contribution is -0.141. The topological polar surface area (TPSA) is 67.4 Å². The van der Waals surface area contributed by atoms with Gasteiger partial charge in [-0.15, -0.1) is 11.3 Å². The lowest BCUT2D eigenvalue weighted by Gasteiger charge is -2.16. The first kappa shape index (κ1) is 13.9. The number of ether oxygens (including phenoxy) is 1. The van der Waals surface area contributed by atoms with Crippen molar-refractivity contribution in [2.75, 3.05) is 13.7 Å². The van der Waals surface area contributed by atoms with Crippen molar-refractivity contribution in [1.29, 1.82) is 0 Å². The lowest BCUT2D eigenvalue weighted by Crippen LogP contribution is -2.39. The van der Waals surface area contributed by atoms with E-state index < -0.39 is 0 Å². The Balaban J connectivity index is 1.88.